The van der Waals surface area contributed by atoms with E-state index in [1.165, 1.54) is 0 Å². The standard InChI is InChI=1S/C19H30N4O3S/c1-13-16(14(2)26-22-13)11-27-12-18(24)23-8-4-5-15(10-23)9-21-19(25)17-6-3-7-20-17/h15,17,20H,3-12H2,1-2H3,(H,21,25). The summed E-state index contributed by atoms with van der Waals surface area (Å²) in [6.45, 7) is 6.98. The lowest BCUT2D eigenvalue weighted by Crippen LogP contribution is -2.47. The van der Waals surface area contributed by atoms with Crippen LogP contribution in [0.15, 0.2) is 4.52 Å². The number of aromatic nitrogens is 1. The van der Waals surface area contributed by atoms with Crippen LogP contribution in [-0.4, -0.2) is 59.8 Å². The SMILES string of the molecule is Cc1noc(C)c1CSCC(=O)N1CCCC(CNC(=O)C2CCCN2)C1. The lowest BCUT2D eigenvalue weighted by Gasteiger charge is -2.33. The molecule has 2 amide bonds. The van der Waals surface area contributed by atoms with E-state index in [9.17, 15) is 9.59 Å². The Labute approximate surface area is 165 Å². The molecule has 7 nitrogen and oxygen atoms in total. The topological polar surface area (TPSA) is 87.5 Å². The molecule has 0 aromatic carbocycles. The molecule has 8 heteroatoms. The van der Waals surface area contributed by atoms with Crippen molar-refractivity contribution < 1.29 is 14.1 Å². The van der Waals surface area contributed by atoms with Crippen LogP contribution in [0.1, 0.15) is 42.7 Å². The zero-order chi connectivity index (χ0) is 19.2. The maximum absolute atomic E-state index is 12.6. The molecular weight excluding hydrogens is 364 g/mol. The zero-order valence-corrected chi connectivity index (χ0v) is 17.1. The molecule has 150 valence electrons. The van der Waals surface area contributed by atoms with Crippen LogP contribution in [0.4, 0.5) is 0 Å². The Balaban J connectivity index is 1.39. The fourth-order valence-electron chi connectivity index (χ4n) is 3.77. The maximum atomic E-state index is 12.6. The van der Waals surface area contributed by atoms with Crippen molar-refractivity contribution in [3.63, 3.8) is 0 Å². The Kier molecular flexibility index (Phi) is 7.18. The molecule has 1 aromatic heterocycles. The van der Waals surface area contributed by atoms with Gasteiger partial charge in [0.05, 0.1) is 17.5 Å². The van der Waals surface area contributed by atoms with Crippen LogP contribution in [-0.2, 0) is 15.3 Å². The highest BCUT2D eigenvalue weighted by Gasteiger charge is 2.26. The molecule has 0 saturated carbocycles. The second-order valence-electron chi connectivity index (χ2n) is 7.54. The normalized spacial score (nSPS) is 22.8. The lowest BCUT2D eigenvalue weighted by molar-refractivity contribution is -0.130. The van der Waals surface area contributed by atoms with E-state index in [2.05, 4.69) is 15.8 Å². The first kappa shape index (κ1) is 20.2. The molecule has 2 unspecified atom stereocenters. The molecule has 27 heavy (non-hydrogen) atoms. The van der Waals surface area contributed by atoms with E-state index in [1.807, 2.05) is 18.7 Å². The fraction of sp³-hybridized carbons (Fsp3) is 0.737. The predicted molar refractivity (Wildman–Crippen MR) is 105 cm³/mol. The van der Waals surface area contributed by atoms with Crippen molar-refractivity contribution in [2.24, 2.45) is 5.92 Å². The van der Waals surface area contributed by atoms with Gasteiger partial charge in [-0.25, -0.2) is 0 Å². The number of thioether (sulfide) groups is 1. The summed E-state index contributed by atoms with van der Waals surface area (Å²) in [6.07, 6.45) is 4.05. The summed E-state index contributed by atoms with van der Waals surface area (Å²) in [6, 6.07) is -0.0351. The quantitative estimate of drug-likeness (QED) is 0.731. The Morgan fingerprint density at radius 2 is 2.19 bits per heavy atom. The van der Waals surface area contributed by atoms with Gasteiger partial charge >= 0.3 is 0 Å². The number of piperidine rings is 1. The van der Waals surface area contributed by atoms with Gasteiger partial charge in [0.25, 0.3) is 0 Å². The smallest absolute Gasteiger partial charge is 0.237 e. The summed E-state index contributed by atoms with van der Waals surface area (Å²) in [5.74, 6) is 2.67. The molecule has 0 aliphatic carbocycles. The Morgan fingerprint density at radius 1 is 1.33 bits per heavy atom. The van der Waals surface area contributed by atoms with E-state index in [-0.39, 0.29) is 17.9 Å². The van der Waals surface area contributed by atoms with E-state index in [0.29, 0.717) is 18.2 Å². The van der Waals surface area contributed by atoms with Gasteiger partial charge in [-0.05, 0) is 52.0 Å². The Morgan fingerprint density at radius 3 is 2.89 bits per heavy atom. The van der Waals surface area contributed by atoms with Crippen molar-refractivity contribution >= 4 is 23.6 Å². The number of carbonyl (C=O) groups is 2. The minimum absolute atomic E-state index is 0.0351. The van der Waals surface area contributed by atoms with Crippen molar-refractivity contribution in [3.05, 3.63) is 17.0 Å². The number of carbonyl (C=O) groups excluding carboxylic acids is 2. The third-order valence-electron chi connectivity index (χ3n) is 5.47. The highest BCUT2D eigenvalue weighted by Crippen LogP contribution is 2.21. The van der Waals surface area contributed by atoms with Gasteiger partial charge in [0.15, 0.2) is 0 Å². The van der Waals surface area contributed by atoms with E-state index in [4.69, 9.17) is 4.52 Å². The molecule has 1 aromatic rings. The van der Waals surface area contributed by atoms with E-state index < -0.39 is 0 Å². The molecule has 2 N–H and O–H groups in total. The van der Waals surface area contributed by atoms with Crippen molar-refractivity contribution in [1.29, 1.82) is 0 Å². The summed E-state index contributed by atoms with van der Waals surface area (Å²) >= 11 is 1.61. The molecule has 0 bridgehead atoms. The van der Waals surface area contributed by atoms with Crippen molar-refractivity contribution in [1.82, 2.24) is 20.7 Å². The number of nitrogens with one attached hydrogen (secondary N) is 2. The molecule has 0 spiro atoms. The number of aryl methyl sites for hydroxylation is 2. The van der Waals surface area contributed by atoms with Crippen LogP contribution in [0.2, 0.25) is 0 Å². The predicted octanol–water partition coefficient (Wildman–Crippen LogP) is 1.63. The minimum atomic E-state index is -0.0351. The molecule has 3 heterocycles. The number of rotatable bonds is 7. The first-order valence-electron chi connectivity index (χ1n) is 9.83. The van der Waals surface area contributed by atoms with E-state index >= 15 is 0 Å². The summed E-state index contributed by atoms with van der Waals surface area (Å²) in [7, 11) is 0. The molecule has 2 fully saturated rings. The fourth-order valence-corrected chi connectivity index (χ4v) is 4.85. The van der Waals surface area contributed by atoms with Gasteiger partial charge in [-0.2, -0.15) is 0 Å². The monoisotopic (exact) mass is 394 g/mol. The molecule has 0 radical (unpaired) electrons. The number of hydrogen-bond acceptors (Lipinski definition) is 6. The highest BCUT2D eigenvalue weighted by atomic mass is 32.2. The Bertz CT molecular complexity index is 638. The number of hydrogen-bond donors (Lipinski definition) is 2. The second kappa shape index (κ2) is 9.59. The molecule has 2 saturated heterocycles. The van der Waals surface area contributed by atoms with Crippen LogP contribution in [0.3, 0.4) is 0 Å². The number of nitrogens with zero attached hydrogens (tertiary/aromatic N) is 2. The summed E-state index contributed by atoms with van der Waals surface area (Å²) < 4.78 is 5.17. The van der Waals surface area contributed by atoms with Crippen LogP contribution in [0.5, 0.6) is 0 Å². The Hall–Kier alpha value is -1.54. The van der Waals surface area contributed by atoms with Gasteiger partial charge in [-0.3, -0.25) is 9.59 Å². The van der Waals surface area contributed by atoms with Gasteiger partial charge < -0.3 is 20.1 Å². The van der Waals surface area contributed by atoms with E-state index in [1.54, 1.807) is 11.8 Å². The van der Waals surface area contributed by atoms with Gasteiger partial charge in [0, 0.05) is 31.0 Å². The molecule has 2 aliphatic rings. The largest absolute Gasteiger partial charge is 0.361 e. The third kappa shape index (κ3) is 5.48. The molecule has 2 aliphatic heterocycles. The van der Waals surface area contributed by atoms with E-state index in [0.717, 1.165) is 68.1 Å². The van der Waals surface area contributed by atoms with Crippen LogP contribution in [0, 0.1) is 19.8 Å². The van der Waals surface area contributed by atoms with Crippen LogP contribution in [0.25, 0.3) is 0 Å². The molecular formula is C19H30N4O3S. The second-order valence-corrected chi connectivity index (χ2v) is 8.52. The van der Waals surface area contributed by atoms with Gasteiger partial charge in [0.1, 0.15) is 5.76 Å². The van der Waals surface area contributed by atoms with Crippen LogP contribution < -0.4 is 10.6 Å². The first-order valence-corrected chi connectivity index (χ1v) is 11.0. The van der Waals surface area contributed by atoms with Gasteiger partial charge in [-0.1, -0.05) is 5.16 Å². The minimum Gasteiger partial charge on any atom is -0.361 e. The van der Waals surface area contributed by atoms with Crippen molar-refractivity contribution in [2.45, 2.75) is 51.3 Å². The number of likely N-dealkylation sites (tertiary alicyclic amines) is 1. The summed E-state index contributed by atoms with van der Waals surface area (Å²) in [5.41, 5.74) is 1.99. The van der Waals surface area contributed by atoms with Gasteiger partial charge in [-0.15, -0.1) is 11.8 Å². The number of amides is 2. The maximum Gasteiger partial charge on any atom is 0.237 e. The molecule has 2 atom stereocenters. The third-order valence-corrected chi connectivity index (χ3v) is 6.41. The average molecular weight is 395 g/mol. The van der Waals surface area contributed by atoms with Crippen LogP contribution >= 0.6 is 11.8 Å². The van der Waals surface area contributed by atoms with Gasteiger partial charge in [0.2, 0.25) is 11.8 Å². The zero-order valence-electron chi connectivity index (χ0n) is 16.3. The average Bonchev–Trinajstić information content (AvgIpc) is 3.32. The summed E-state index contributed by atoms with van der Waals surface area (Å²) in [5, 5.41) is 10.2. The summed E-state index contributed by atoms with van der Waals surface area (Å²) in [4.78, 5) is 26.7. The molecule has 3 rings (SSSR count). The van der Waals surface area contributed by atoms with Crippen molar-refractivity contribution in [2.75, 3.05) is 31.9 Å². The first-order chi connectivity index (χ1) is 13.0. The highest BCUT2D eigenvalue weighted by molar-refractivity contribution is 7.99. The van der Waals surface area contributed by atoms with Crippen molar-refractivity contribution in [3.8, 4) is 0 Å². The lowest BCUT2D eigenvalue weighted by atomic mass is 9.98.